The lowest BCUT2D eigenvalue weighted by molar-refractivity contribution is -0.157. The third kappa shape index (κ3) is 7.79. The Morgan fingerprint density at radius 1 is 1.08 bits per heavy atom. The Kier molecular flexibility index (Phi) is 6.80. The maximum atomic E-state index is 12.4. The van der Waals surface area contributed by atoms with E-state index < -0.39 is 29.3 Å². The van der Waals surface area contributed by atoms with Gasteiger partial charge in [0.2, 0.25) is 0 Å². The fourth-order valence-corrected chi connectivity index (χ4v) is 2.80. The Morgan fingerprint density at radius 3 is 2.08 bits per heavy atom. The summed E-state index contributed by atoms with van der Waals surface area (Å²) in [7, 11) is 0. The van der Waals surface area contributed by atoms with Crippen LogP contribution in [0, 0.1) is 0 Å². The average molecular weight is 356 g/mol. The number of rotatable bonds is 5. The fourth-order valence-electron chi connectivity index (χ4n) is 1.86. The molecule has 1 amide bonds. The molecule has 136 valence electrons. The number of thiophene rings is 1. The standard InChI is InChI=1S/C17H28N2O4S/c1-16(2,3)22-14(20)13(19-15(21)23-17(4,5)6)9-11-7-8-12(10-18)24-11/h7-8,13H,9-10,18H2,1-6H3,(H,19,21)/t13-/m0/s1. The maximum Gasteiger partial charge on any atom is 0.408 e. The smallest absolute Gasteiger partial charge is 0.408 e. The predicted octanol–water partition coefficient (Wildman–Crippen LogP) is 2.98. The van der Waals surface area contributed by atoms with Crippen molar-refractivity contribution in [3.8, 4) is 0 Å². The number of ether oxygens (including phenoxy) is 2. The van der Waals surface area contributed by atoms with Gasteiger partial charge in [0.25, 0.3) is 0 Å². The zero-order chi connectivity index (χ0) is 18.5. The molecule has 0 spiro atoms. The molecule has 0 bridgehead atoms. The molecule has 0 aromatic carbocycles. The van der Waals surface area contributed by atoms with Crippen LogP contribution in [0.5, 0.6) is 0 Å². The summed E-state index contributed by atoms with van der Waals surface area (Å²) in [6.07, 6.45) is -0.312. The minimum absolute atomic E-state index is 0.332. The number of carbonyl (C=O) groups is 2. The van der Waals surface area contributed by atoms with Crippen LogP contribution in [0.25, 0.3) is 0 Å². The zero-order valence-corrected chi connectivity index (χ0v) is 16.1. The molecule has 1 rings (SSSR count). The lowest BCUT2D eigenvalue weighted by Gasteiger charge is -2.26. The van der Waals surface area contributed by atoms with E-state index in [0.717, 1.165) is 9.75 Å². The number of amides is 1. The molecule has 6 nitrogen and oxygen atoms in total. The third-order valence-electron chi connectivity index (χ3n) is 2.71. The highest BCUT2D eigenvalue weighted by molar-refractivity contribution is 7.12. The van der Waals surface area contributed by atoms with Gasteiger partial charge in [0.15, 0.2) is 0 Å². The quantitative estimate of drug-likeness (QED) is 0.792. The van der Waals surface area contributed by atoms with Gasteiger partial charge in [-0.25, -0.2) is 9.59 Å². The van der Waals surface area contributed by atoms with E-state index >= 15 is 0 Å². The molecular formula is C17H28N2O4S. The van der Waals surface area contributed by atoms with E-state index in [0.29, 0.717) is 13.0 Å². The number of carbonyl (C=O) groups excluding carboxylic acids is 2. The van der Waals surface area contributed by atoms with Crippen molar-refractivity contribution < 1.29 is 19.1 Å². The van der Waals surface area contributed by atoms with Crippen LogP contribution in [0.2, 0.25) is 0 Å². The Bertz CT molecular complexity index is 570. The summed E-state index contributed by atoms with van der Waals surface area (Å²) in [6, 6.07) is 3.00. The van der Waals surface area contributed by atoms with Gasteiger partial charge in [-0.3, -0.25) is 0 Å². The number of hydrogen-bond acceptors (Lipinski definition) is 6. The van der Waals surface area contributed by atoms with Gasteiger partial charge in [0, 0.05) is 22.7 Å². The number of esters is 1. The molecule has 1 heterocycles. The van der Waals surface area contributed by atoms with Crippen molar-refractivity contribution in [3.05, 3.63) is 21.9 Å². The topological polar surface area (TPSA) is 90.6 Å². The molecule has 0 aliphatic rings. The van der Waals surface area contributed by atoms with Gasteiger partial charge < -0.3 is 20.5 Å². The van der Waals surface area contributed by atoms with Crippen molar-refractivity contribution >= 4 is 23.4 Å². The Morgan fingerprint density at radius 2 is 1.62 bits per heavy atom. The van der Waals surface area contributed by atoms with Gasteiger partial charge in [-0.2, -0.15) is 0 Å². The van der Waals surface area contributed by atoms with E-state index in [1.165, 1.54) is 11.3 Å². The van der Waals surface area contributed by atoms with Crippen LogP contribution in [-0.4, -0.2) is 29.3 Å². The second kappa shape index (κ2) is 7.98. The molecule has 24 heavy (non-hydrogen) atoms. The summed E-state index contributed by atoms with van der Waals surface area (Å²) in [6.45, 7) is 11.1. The highest BCUT2D eigenvalue weighted by atomic mass is 32.1. The van der Waals surface area contributed by atoms with E-state index in [1.54, 1.807) is 41.5 Å². The summed E-state index contributed by atoms with van der Waals surface area (Å²) in [5.41, 5.74) is 4.34. The van der Waals surface area contributed by atoms with Crippen molar-refractivity contribution in [2.45, 2.75) is 71.8 Å². The zero-order valence-electron chi connectivity index (χ0n) is 15.3. The summed E-state index contributed by atoms with van der Waals surface area (Å²) < 4.78 is 10.6. The molecule has 0 unspecified atom stereocenters. The molecule has 0 saturated heterocycles. The Balaban J connectivity index is 2.85. The van der Waals surface area contributed by atoms with E-state index in [4.69, 9.17) is 15.2 Å². The van der Waals surface area contributed by atoms with Crippen molar-refractivity contribution in [3.63, 3.8) is 0 Å². The Hall–Kier alpha value is -1.60. The summed E-state index contributed by atoms with van der Waals surface area (Å²) in [5, 5.41) is 2.61. The van der Waals surface area contributed by atoms with Crippen molar-refractivity contribution in [1.82, 2.24) is 5.32 Å². The van der Waals surface area contributed by atoms with Crippen LogP contribution >= 0.6 is 11.3 Å². The highest BCUT2D eigenvalue weighted by Crippen LogP contribution is 2.19. The van der Waals surface area contributed by atoms with Crippen LogP contribution in [0.3, 0.4) is 0 Å². The second-order valence-electron chi connectivity index (χ2n) is 7.51. The molecule has 7 heteroatoms. The third-order valence-corrected chi connectivity index (χ3v) is 3.84. The summed E-state index contributed by atoms with van der Waals surface area (Å²) in [5.74, 6) is -0.490. The van der Waals surface area contributed by atoms with Crippen molar-refractivity contribution in [1.29, 1.82) is 0 Å². The normalized spacial score (nSPS) is 13.3. The van der Waals surface area contributed by atoms with Gasteiger partial charge in [-0.1, -0.05) is 0 Å². The molecule has 1 aromatic heterocycles. The van der Waals surface area contributed by atoms with E-state index in [-0.39, 0.29) is 0 Å². The minimum Gasteiger partial charge on any atom is -0.458 e. The first-order valence-corrected chi connectivity index (χ1v) is 8.71. The molecule has 0 fully saturated rings. The molecule has 3 N–H and O–H groups in total. The van der Waals surface area contributed by atoms with Crippen molar-refractivity contribution in [2.24, 2.45) is 5.73 Å². The van der Waals surface area contributed by atoms with Crippen LogP contribution in [0.15, 0.2) is 12.1 Å². The number of nitrogens with two attached hydrogens (primary N) is 1. The highest BCUT2D eigenvalue weighted by Gasteiger charge is 2.29. The van der Waals surface area contributed by atoms with E-state index in [2.05, 4.69) is 5.32 Å². The molecule has 0 saturated carbocycles. The van der Waals surface area contributed by atoms with E-state index in [1.807, 2.05) is 12.1 Å². The molecule has 0 aliphatic carbocycles. The first kappa shape index (κ1) is 20.4. The Labute approximate surface area is 147 Å². The van der Waals surface area contributed by atoms with Gasteiger partial charge in [-0.05, 0) is 53.7 Å². The van der Waals surface area contributed by atoms with Gasteiger partial charge in [0.1, 0.15) is 17.2 Å². The summed E-state index contributed by atoms with van der Waals surface area (Å²) >= 11 is 1.51. The second-order valence-corrected chi connectivity index (χ2v) is 8.76. The van der Waals surface area contributed by atoms with Crippen LogP contribution in [0.1, 0.15) is 51.3 Å². The molecular weight excluding hydrogens is 328 g/mol. The number of nitrogens with one attached hydrogen (secondary N) is 1. The first-order chi connectivity index (χ1) is 10.9. The summed E-state index contributed by atoms with van der Waals surface area (Å²) in [4.78, 5) is 26.4. The molecule has 0 aliphatic heterocycles. The van der Waals surface area contributed by atoms with E-state index in [9.17, 15) is 9.59 Å². The van der Waals surface area contributed by atoms with Gasteiger partial charge in [-0.15, -0.1) is 11.3 Å². The predicted molar refractivity (Wildman–Crippen MR) is 94.9 cm³/mol. The number of hydrogen-bond donors (Lipinski definition) is 2. The molecule has 0 radical (unpaired) electrons. The first-order valence-electron chi connectivity index (χ1n) is 7.89. The largest absolute Gasteiger partial charge is 0.458 e. The molecule has 1 aromatic rings. The maximum absolute atomic E-state index is 12.4. The monoisotopic (exact) mass is 356 g/mol. The van der Waals surface area contributed by atoms with Crippen LogP contribution in [0.4, 0.5) is 4.79 Å². The van der Waals surface area contributed by atoms with Crippen LogP contribution < -0.4 is 11.1 Å². The lowest BCUT2D eigenvalue weighted by atomic mass is 10.1. The SMILES string of the molecule is CC(C)(C)OC(=O)N[C@@H](Cc1ccc(CN)s1)C(=O)OC(C)(C)C. The van der Waals surface area contributed by atoms with Gasteiger partial charge in [0.05, 0.1) is 0 Å². The fraction of sp³-hybridized carbons (Fsp3) is 0.647. The molecule has 1 atom stereocenters. The average Bonchev–Trinajstić information content (AvgIpc) is 2.81. The lowest BCUT2D eigenvalue weighted by Crippen LogP contribution is -2.47. The van der Waals surface area contributed by atoms with Crippen LogP contribution in [-0.2, 0) is 27.2 Å². The van der Waals surface area contributed by atoms with Gasteiger partial charge >= 0.3 is 12.1 Å². The number of alkyl carbamates (subject to hydrolysis) is 1. The minimum atomic E-state index is -0.816. The van der Waals surface area contributed by atoms with Crippen molar-refractivity contribution in [2.75, 3.05) is 0 Å².